The normalized spacial score (nSPS) is 18.1. The molecule has 4 rings (SSSR count). The fourth-order valence-electron chi connectivity index (χ4n) is 4.12. The molecule has 0 bridgehead atoms. The highest BCUT2D eigenvalue weighted by atomic mass is 35.5. The molecule has 1 aliphatic rings. The second kappa shape index (κ2) is 10.4. The molecule has 6 nitrogen and oxygen atoms in total. The van der Waals surface area contributed by atoms with Crippen molar-refractivity contribution in [3.8, 4) is 0 Å². The van der Waals surface area contributed by atoms with Crippen molar-refractivity contribution in [2.75, 3.05) is 18.0 Å². The van der Waals surface area contributed by atoms with Crippen LogP contribution in [0.25, 0.3) is 0 Å². The number of benzene rings is 1. The van der Waals surface area contributed by atoms with Crippen molar-refractivity contribution in [1.82, 2.24) is 20.3 Å². The van der Waals surface area contributed by atoms with E-state index in [0.29, 0.717) is 11.9 Å². The van der Waals surface area contributed by atoms with Crippen molar-refractivity contribution < 1.29 is 31.1 Å². The molecule has 202 valence electrons. The van der Waals surface area contributed by atoms with E-state index in [-0.39, 0.29) is 33.7 Å². The Labute approximate surface area is 226 Å². The number of nitrogens with zero attached hydrogens (tertiary/aromatic N) is 4. The molecule has 0 saturated carbocycles. The number of amides is 1. The van der Waals surface area contributed by atoms with Crippen LogP contribution in [0.1, 0.15) is 33.7 Å². The molecule has 1 aliphatic heterocycles. The molecule has 1 atom stereocenters. The third-order valence-corrected chi connectivity index (χ3v) is 7.27. The van der Waals surface area contributed by atoms with E-state index in [0.717, 1.165) is 17.0 Å². The number of carbonyl (C=O) groups excluding carboxylic acids is 1. The van der Waals surface area contributed by atoms with Gasteiger partial charge >= 0.3 is 12.4 Å². The Bertz CT molecular complexity index is 1330. The molecule has 0 radical (unpaired) electrons. The third-order valence-electron chi connectivity index (χ3n) is 6.08. The Kier molecular flexibility index (Phi) is 7.70. The molecular weight excluding hydrogens is 583 g/mol. The molecule has 2 aromatic heterocycles. The molecule has 3 aromatic rings. The zero-order valence-electron chi connectivity index (χ0n) is 19.0. The standard InChI is InChI=1S/C23H16Cl3F6N5O/c24-15-7-12(8-16(25)17(15)26)21(23(30,31)32)4-6-37(11-21)20-35-10-14(18(36-20)22(27,28)29)19(38)34-9-13-3-1-2-5-33-13/h1-3,5,7-8,10H,4,6,9,11H2,(H,34,38). The van der Waals surface area contributed by atoms with E-state index in [2.05, 4.69) is 20.3 Å². The minimum atomic E-state index is -5.09. The zero-order valence-corrected chi connectivity index (χ0v) is 21.2. The molecule has 1 aromatic carbocycles. The van der Waals surface area contributed by atoms with Crippen LogP contribution in [0.5, 0.6) is 0 Å². The molecule has 1 fully saturated rings. The van der Waals surface area contributed by atoms with Gasteiger partial charge in [0, 0.05) is 25.5 Å². The fraction of sp³-hybridized carbons (Fsp3) is 0.304. The first-order valence-corrected chi connectivity index (χ1v) is 12.0. The van der Waals surface area contributed by atoms with E-state index >= 15 is 0 Å². The van der Waals surface area contributed by atoms with Gasteiger partial charge in [0.25, 0.3) is 5.91 Å². The molecule has 1 unspecified atom stereocenters. The highest BCUT2D eigenvalue weighted by Gasteiger charge is 2.59. The summed E-state index contributed by atoms with van der Waals surface area (Å²) in [6.07, 6.45) is -8.37. The SMILES string of the molecule is O=C(NCc1ccccn1)c1cnc(N2CCC(c3cc(Cl)c(Cl)c(Cl)c3)(C(F)(F)F)C2)nc1C(F)(F)F. The van der Waals surface area contributed by atoms with Crippen molar-refractivity contribution in [2.24, 2.45) is 0 Å². The Morgan fingerprint density at radius 2 is 1.74 bits per heavy atom. The summed E-state index contributed by atoms with van der Waals surface area (Å²) in [4.78, 5) is 24.7. The van der Waals surface area contributed by atoms with Gasteiger partial charge in [-0.3, -0.25) is 9.78 Å². The monoisotopic (exact) mass is 597 g/mol. The number of pyridine rings is 1. The maximum atomic E-state index is 14.4. The molecule has 0 spiro atoms. The van der Waals surface area contributed by atoms with Gasteiger partial charge in [-0.15, -0.1) is 0 Å². The number of rotatable bonds is 5. The van der Waals surface area contributed by atoms with Gasteiger partial charge in [0.1, 0.15) is 5.41 Å². The summed E-state index contributed by atoms with van der Waals surface area (Å²) < 4.78 is 84.7. The largest absolute Gasteiger partial charge is 0.434 e. The van der Waals surface area contributed by atoms with Gasteiger partial charge in [0.15, 0.2) is 5.69 Å². The average Bonchev–Trinajstić information content (AvgIpc) is 3.32. The predicted molar refractivity (Wildman–Crippen MR) is 128 cm³/mol. The van der Waals surface area contributed by atoms with Gasteiger partial charge in [-0.05, 0) is 36.2 Å². The van der Waals surface area contributed by atoms with E-state index in [1.54, 1.807) is 18.2 Å². The molecular formula is C23H16Cl3F6N5O. The minimum Gasteiger partial charge on any atom is -0.346 e. The van der Waals surface area contributed by atoms with Gasteiger partial charge in [-0.1, -0.05) is 40.9 Å². The molecule has 38 heavy (non-hydrogen) atoms. The van der Waals surface area contributed by atoms with Crippen LogP contribution >= 0.6 is 34.8 Å². The summed E-state index contributed by atoms with van der Waals surface area (Å²) in [5, 5.41) is 1.78. The van der Waals surface area contributed by atoms with E-state index in [1.807, 2.05) is 0 Å². The van der Waals surface area contributed by atoms with E-state index in [9.17, 15) is 31.1 Å². The maximum Gasteiger partial charge on any atom is 0.434 e. The third kappa shape index (κ3) is 5.48. The lowest BCUT2D eigenvalue weighted by Gasteiger charge is -2.32. The Balaban J connectivity index is 1.66. The van der Waals surface area contributed by atoms with Gasteiger partial charge < -0.3 is 10.2 Å². The number of carbonyl (C=O) groups is 1. The molecule has 3 heterocycles. The Morgan fingerprint density at radius 3 is 2.32 bits per heavy atom. The topological polar surface area (TPSA) is 71.0 Å². The fourth-order valence-corrected chi connectivity index (χ4v) is 4.72. The average molecular weight is 599 g/mol. The van der Waals surface area contributed by atoms with Gasteiger partial charge in [-0.2, -0.15) is 26.3 Å². The lowest BCUT2D eigenvalue weighted by atomic mass is 9.79. The number of alkyl halides is 6. The highest BCUT2D eigenvalue weighted by Crippen LogP contribution is 2.50. The summed E-state index contributed by atoms with van der Waals surface area (Å²) in [5.41, 5.74) is -4.90. The number of aromatic nitrogens is 3. The van der Waals surface area contributed by atoms with Crippen molar-refractivity contribution >= 4 is 46.7 Å². The van der Waals surface area contributed by atoms with Gasteiger partial charge in [0.05, 0.1) is 32.9 Å². The number of hydrogen-bond acceptors (Lipinski definition) is 5. The second-order valence-electron chi connectivity index (χ2n) is 8.44. The van der Waals surface area contributed by atoms with Crippen molar-refractivity contribution in [3.63, 3.8) is 0 Å². The molecule has 15 heteroatoms. The van der Waals surface area contributed by atoms with Crippen LogP contribution in [-0.2, 0) is 18.1 Å². The number of anilines is 1. The summed E-state index contributed by atoms with van der Waals surface area (Å²) in [6, 6.07) is 6.89. The lowest BCUT2D eigenvalue weighted by molar-refractivity contribution is -0.184. The van der Waals surface area contributed by atoms with Gasteiger partial charge in [-0.25, -0.2) is 9.97 Å². The minimum absolute atomic E-state index is 0.126. The molecule has 0 aliphatic carbocycles. The number of hydrogen-bond donors (Lipinski definition) is 1. The number of nitrogens with one attached hydrogen (secondary N) is 1. The summed E-state index contributed by atoms with van der Waals surface area (Å²) in [5.74, 6) is -1.73. The maximum absolute atomic E-state index is 14.4. The van der Waals surface area contributed by atoms with Crippen LogP contribution in [0.4, 0.5) is 32.3 Å². The zero-order chi connectivity index (χ0) is 27.9. The molecule has 1 amide bonds. The van der Waals surface area contributed by atoms with Crippen LogP contribution in [0.15, 0.2) is 42.7 Å². The van der Waals surface area contributed by atoms with Crippen molar-refractivity contribution in [1.29, 1.82) is 0 Å². The number of halogens is 9. The van der Waals surface area contributed by atoms with E-state index < -0.39 is 53.8 Å². The van der Waals surface area contributed by atoms with Crippen LogP contribution in [0.3, 0.4) is 0 Å². The highest BCUT2D eigenvalue weighted by molar-refractivity contribution is 6.48. The quantitative estimate of drug-likeness (QED) is 0.269. The lowest BCUT2D eigenvalue weighted by Crippen LogP contribution is -2.45. The van der Waals surface area contributed by atoms with Crippen molar-refractivity contribution in [2.45, 2.75) is 30.7 Å². The van der Waals surface area contributed by atoms with E-state index in [1.165, 1.54) is 6.20 Å². The summed E-state index contributed by atoms with van der Waals surface area (Å²) >= 11 is 17.8. The summed E-state index contributed by atoms with van der Waals surface area (Å²) in [6.45, 7) is -1.31. The van der Waals surface area contributed by atoms with Gasteiger partial charge in [0.2, 0.25) is 5.95 Å². The smallest absolute Gasteiger partial charge is 0.346 e. The van der Waals surface area contributed by atoms with Crippen molar-refractivity contribution in [3.05, 3.63) is 80.3 Å². The first kappa shape index (κ1) is 28.2. The van der Waals surface area contributed by atoms with Crippen LogP contribution in [0, 0.1) is 0 Å². The second-order valence-corrected chi connectivity index (χ2v) is 9.63. The predicted octanol–water partition coefficient (Wildman–Crippen LogP) is 6.49. The van der Waals surface area contributed by atoms with Crippen LogP contribution < -0.4 is 10.2 Å². The first-order chi connectivity index (χ1) is 17.7. The van der Waals surface area contributed by atoms with Crippen LogP contribution in [0.2, 0.25) is 15.1 Å². The molecule has 1 saturated heterocycles. The first-order valence-electron chi connectivity index (χ1n) is 10.8. The summed E-state index contributed by atoms with van der Waals surface area (Å²) in [7, 11) is 0. The molecule has 1 N–H and O–H groups in total. The Hall–Kier alpha value is -2.83. The van der Waals surface area contributed by atoms with Crippen LogP contribution in [-0.4, -0.2) is 40.1 Å². The Morgan fingerprint density at radius 1 is 1.05 bits per heavy atom. The van der Waals surface area contributed by atoms with E-state index in [4.69, 9.17) is 34.8 Å².